The molecule has 1 amide bonds. The van der Waals surface area contributed by atoms with Gasteiger partial charge in [-0.3, -0.25) is 4.79 Å². The molecule has 0 spiro atoms. The lowest BCUT2D eigenvalue weighted by atomic mass is 10.1. The van der Waals surface area contributed by atoms with Gasteiger partial charge in [-0.25, -0.2) is 0 Å². The van der Waals surface area contributed by atoms with Crippen molar-refractivity contribution in [2.45, 2.75) is 39.2 Å². The highest BCUT2D eigenvalue weighted by molar-refractivity contribution is 5.85. The summed E-state index contributed by atoms with van der Waals surface area (Å²) in [5.41, 5.74) is 5.22. The summed E-state index contributed by atoms with van der Waals surface area (Å²) in [6.45, 7) is 7.32. The summed E-state index contributed by atoms with van der Waals surface area (Å²) < 4.78 is 10.9. The molecule has 1 aromatic rings. The zero-order valence-corrected chi connectivity index (χ0v) is 14.4. The highest BCUT2D eigenvalue weighted by atomic mass is 35.5. The van der Waals surface area contributed by atoms with Crippen molar-refractivity contribution >= 4 is 18.3 Å². The van der Waals surface area contributed by atoms with Gasteiger partial charge in [0.15, 0.2) is 0 Å². The molecule has 0 aromatic heterocycles. The maximum Gasteiger partial charge on any atom is 0.220 e. The van der Waals surface area contributed by atoms with Crippen molar-refractivity contribution in [3.8, 4) is 11.5 Å². The van der Waals surface area contributed by atoms with Crippen LogP contribution in [0.1, 0.15) is 33.6 Å². The third-order valence-corrected chi connectivity index (χ3v) is 2.94. The second kappa shape index (κ2) is 10.3. The van der Waals surface area contributed by atoms with Crippen LogP contribution in [0.3, 0.4) is 0 Å². The number of ether oxygens (including phenoxy) is 2. The van der Waals surface area contributed by atoms with E-state index in [2.05, 4.69) is 5.32 Å². The van der Waals surface area contributed by atoms with Gasteiger partial charge in [0.05, 0.1) is 13.2 Å². The number of benzene rings is 1. The zero-order valence-electron chi connectivity index (χ0n) is 13.6. The van der Waals surface area contributed by atoms with E-state index >= 15 is 0 Å². The first-order valence-corrected chi connectivity index (χ1v) is 7.33. The van der Waals surface area contributed by atoms with Crippen LogP contribution in [-0.4, -0.2) is 31.2 Å². The van der Waals surface area contributed by atoms with E-state index < -0.39 is 0 Å². The summed E-state index contributed by atoms with van der Waals surface area (Å²) in [5.74, 6) is 1.61. The number of carbonyl (C=O) groups excluding carboxylic acids is 1. The Balaban J connectivity index is 0.00000441. The molecule has 0 aliphatic rings. The normalized spacial score (nSPS) is 10.5. The molecule has 1 aromatic carbocycles. The number of carbonyl (C=O) groups is 1. The average Bonchev–Trinajstić information content (AvgIpc) is 2.45. The van der Waals surface area contributed by atoms with E-state index in [9.17, 15) is 4.79 Å². The predicted octanol–water partition coefficient (Wildman–Crippen LogP) is 2.52. The second-order valence-electron chi connectivity index (χ2n) is 5.49. The van der Waals surface area contributed by atoms with E-state index in [-0.39, 0.29) is 23.9 Å². The summed E-state index contributed by atoms with van der Waals surface area (Å²) >= 11 is 0. The Hall–Kier alpha value is -1.46. The second-order valence-corrected chi connectivity index (χ2v) is 5.49. The maximum atomic E-state index is 11.7. The van der Waals surface area contributed by atoms with Crippen LogP contribution in [0.5, 0.6) is 11.5 Å². The largest absolute Gasteiger partial charge is 0.494 e. The summed E-state index contributed by atoms with van der Waals surface area (Å²) in [6.07, 6.45) is 1.10. The van der Waals surface area contributed by atoms with Crippen LogP contribution >= 0.6 is 12.4 Å². The van der Waals surface area contributed by atoms with Crippen LogP contribution in [0.25, 0.3) is 0 Å². The van der Waals surface area contributed by atoms with E-state index in [0.29, 0.717) is 32.6 Å². The van der Waals surface area contributed by atoms with E-state index in [1.54, 1.807) is 0 Å². The fraction of sp³-hybridized carbons (Fsp3) is 0.562. The molecule has 1 rings (SSSR count). The van der Waals surface area contributed by atoms with Crippen LogP contribution in [0, 0.1) is 0 Å². The topological polar surface area (TPSA) is 73.6 Å². The lowest BCUT2D eigenvalue weighted by molar-refractivity contribution is -0.122. The van der Waals surface area contributed by atoms with E-state index in [0.717, 1.165) is 11.5 Å². The minimum atomic E-state index is -0.354. The van der Waals surface area contributed by atoms with Gasteiger partial charge >= 0.3 is 0 Å². The van der Waals surface area contributed by atoms with Crippen LogP contribution in [0.15, 0.2) is 24.3 Å². The van der Waals surface area contributed by atoms with Gasteiger partial charge in [-0.15, -0.1) is 12.4 Å². The Labute approximate surface area is 139 Å². The van der Waals surface area contributed by atoms with Crippen LogP contribution < -0.4 is 20.5 Å². The molecule has 0 heterocycles. The first-order chi connectivity index (χ1) is 9.96. The zero-order chi connectivity index (χ0) is 15.7. The number of rotatable bonds is 9. The molecular weight excluding hydrogens is 304 g/mol. The third-order valence-electron chi connectivity index (χ3n) is 2.94. The Morgan fingerprint density at radius 1 is 1.18 bits per heavy atom. The Morgan fingerprint density at radius 3 is 2.23 bits per heavy atom. The minimum absolute atomic E-state index is 0. The van der Waals surface area contributed by atoms with Gasteiger partial charge in [0.25, 0.3) is 0 Å². The van der Waals surface area contributed by atoms with Crippen molar-refractivity contribution in [2.24, 2.45) is 5.73 Å². The van der Waals surface area contributed by atoms with Gasteiger partial charge in [-0.2, -0.15) is 0 Å². The number of halogens is 1. The number of nitrogens with two attached hydrogens (primary N) is 1. The van der Waals surface area contributed by atoms with Crippen molar-refractivity contribution in [1.82, 2.24) is 5.32 Å². The lowest BCUT2D eigenvalue weighted by Gasteiger charge is -2.24. The smallest absolute Gasteiger partial charge is 0.220 e. The number of amides is 1. The molecule has 0 fully saturated rings. The summed E-state index contributed by atoms with van der Waals surface area (Å²) in [6, 6.07) is 7.47. The quantitative estimate of drug-likeness (QED) is 0.682. The molecule has 0 bridgehead atoms. The van der Waals surface area contributed by atoms with Crippen molar-refractivity contribution < 1.29 is 14.3 Å². The molecule has 0 atom stereocenters. The van der Waals surface area contributed by atoms with Gasteiger partial charge < -0.3 is 20.5 Å². The highest BCUT2D eigenvalue weighted by Crippen LogP contribution is 2.17. The molecule has 0 unspecified atom stereocenters. The molecule has 126 valence electrons. The third kappa shape index (κ3) is 8.10. The highest BCUT2D eigenvalue weighted by Gasteiger charge is 2.17. The monoisotopic (exact) mass is 330 g/mol. The Bertz CT molecular complexity index is 436. The number of hydrogen-bond donors (Lipinski definition) is 2. The van der Waals surface area contributed by atoms with Gasteiger partial charge in [-0.1, -0.05) is 0 Å². The van der Waals surface area contributed by atoms with Gasteiger partial charge in [0.2, 0.25) is 5.91 Å². The number of hydrogen-bond acceptors (Lipinski definition) is 4. The van der Waals surface area contributed by atoms with Gasteiger partial charge in [0, 0.05) is 18.5 Å². The molecular formula is C16H27ClN2O3. The average molecular weight is 331 g/mol. The molecule has 0 aliphatic heterocycles. The molecule has 0 radical (unpaired) electrons. The molecule has 0 aliphatic carbocycles. The maximum absolute atomic E-state index is 11.7. The summed E-state index contributed by atoms with van der Waals surface area (Å²) in [4.78, 5) is 11.7. The minimum Gasteiger partial charge on any atom is -0.494 e. The van der Waals surface area contributed by atoms with Crippen LogP contribution in [0.4, 0.5) is 0 Å². The van der Waals surface area contributed by atoms with Crippen molar-refractivity contribution in [3.63, 3.8) is 0 Å². The van der Waals surface area contributed by atoms with Crippen molar-refractivity contribution in [1.29, 1.82) is 0 Å². The Morgan fingerprint density at radius 2 is 1.73 bits per heavy atom. The molecule has 5 nitrogen and oxygen atoms in total. The van der Waals surface area contributed by atoms with Gasteiger partial charge in [-0.05, 0) is 51.5 Å². The molecule has 6 heteroatoms. The first kappa shape index (κ1) is 20.5. The Kier molecular flexibility index (Phi) is 9.61. The van der Waals surface area contributed by atoms with Crippen LogP contribution in [-0.2, 0) is 4.79 Å². The standard InChI is InChI=1S/C16H26N2O3.ClH/c1-4-20-13-7-9-14(10-8-13)21-11-5-6-15(19)18-16(2,3)12-17;/h7-10H,4-6,11-12,17H2,1-3H3,(H,18,19);1H. The first-order valence-electron chi connectivity index (χ1n) is 7.33. The molecule has 0 saturated heterocycles. The molecule has 0 saturated carbocycles. The summed E-state index contributed by atoms with van der Waals surface area (Å²) in [5, 5.41) is 2.89. The predicted molar refractivity (Wildman–Crippen MR) is 90.9 cm³/mol. The van der Waals surface area contributed by atoms with E-state index in [1.807, 2.05) is 45.0 Å². The van der Waals surface area contributed by atoms with E-state index in [1.165, 1.54) is 0 Å². The van der Waals surface area contributed by atoms with Gasteiger partial charge in [0.1, 0.15) is 11.5 Å². The number of nitrogens with one attached hydrogen (secondary N) is 1. The van der Waals surface area contributed by atoms with Crippen LogP contribution in [0.2, 0.25) is 0 Å². The molecule has 3 N–H and O–H groups in total. The SMILES string of the molecule is CCOc1ccc(OCCCC(=O)NC(C)(C)CN)cc1.Cl. The van der Waals surface area contributed by atoms with Crippen molar-refractivity contribution in [3.05, 3.63) is 24.3 Å². The summed E-state index contributed by atoms with van der Waals surface area (Å²) in [7, 11) is 0. The lowest BCUT2D eigenvalue weighted by Crippen LogP contribution is -2.48. The fourth-order valence-electron chi connectivity index (χ4n) is 1.71. The van der Waals surface area contributed by atoms with Crippen molar-refractivity contribution in [2.75, 3.05) is 19.8 Å². The fourth-order valence-corrected chi connectivity index (χ4v) is 1.71. The molecule has 22 heavy (non-hydrogen) atoms. The van der Waals surface area contributed by atoms with E-state index in [4.69, 9.17) is 15.2 Å².